The van der Waals surface area contributed by atoms with Gasteiger partial charge in [0.25, 0.3) is 0 Å². The van der Waals surface area contributed by atoms with E-state index in [1.165, 1.54) is 0 Å². The second-order valence-corrected chi connectivity index (χ2v) is 11.2. The molecule has 3 aromatic heterocycles. The standard InChI is InChI=1S/C38H27N7O/c1-2-7-26(8-3-1)38-41-30-13-14-32-33(34(30)46-38)29-11-4-5-12-31(29)45(32)28-10-6-9-27(23-28)37-43-35(24-15-19-39-20-16-24)42-36(44-37)25-17-21-40-22-18-25/h1-21,23,36,40H,22H2,(H,42,43,44). The Balaban J connectivity index is 1.19. The zero-order valence-electron chi connectivity index (χ0n) is 24.6. The lowest BCUT2D eigenvalue weighted by Gasteiger charge is -2.25. The summed E-state index contributed by atoms with van der Waals surface area (Å²) in [5.41, 5.74) is 8.67. The van der Waals surface area contributed by atoms with Crippen LogP contribution in [0.15, 0.2) is 154 Å². The monoisotopic (exact) mass is 597 g/mol. The molecule has 0 spiro atoms. The normalized spacial score (nSPS) is 16.2. The predicted molar refractivity (Wildman–Crippen MR) is 183 cm³/mol. The fourth-order valence-electron chi connectivity index (χ4n) is 6.28. The maximum atomic E-state index is 6.48. The summed E-state index contributed by atoms with van der Waals surface area (Å²) in [5.74, 6) is 2.04. The van der Waals surface area contributed by atoms with E-state index in [9.17, 15) is 0 Å². The van der Waals surface area contributed by atoms with E-state index in [1.807, 2.05) is 54.7 Å². The van der Waals surface area contributed by atoms with E-state index in [0.717, 1.165) is 73.2 Å². The number of fused-ring (bicyclic) bond motifs is 5. The molecule has 2 N–H and O–H groups in total. The van der Waals surface area contributed by atoms with E-state index in [4.69, 9.17) is 19.4 Å². The van der Waals surface area contributed by atoms with Crippen molar-refractivity contribution in [1.82, 2.24) is 25.2 Å². The number of oxazole rings is 1. The minimum Gasteiger partial charge on any atom is -0.435 e. The lowest BCUT2D eigenvalue weighted by atomic mass is 10.1. The van der Waals surface area contributed by atoms with Crippen molar-refractivity contribution in [2.24, 2.45) is 9.98 Å². The van der Waals surface area contributed by atoms with Gasteiger partial charge in [-0.25, -0.2) is 15.0 Å². The molecule has 46 heavy (non-hydrogen) atoms. The van der Waals surface area contributed by atoms with Crippen LogP contribution >= 0.6 is 0 Å². The third kappa shape index (κ3) is 4.38. The van der Waals surface area contributed by atoms with E-state index in [1.54, 1.807) is 12.4 Å². The van der Waals surface area contributed by atoms with Crippen molar-refractivity contribution in [3.8, 4) is 17.1 Å². The van der Waals surface area contributed by atoms with Crippen molar-refractivity contribution in [1.29, 1.82) is 0 Å². The molecule has 0 bridgehead atoms. The van der Waals surface area contributed by atoms with Crippen LogP contribution in [0.1, 0.15) is 11.1 Å². The van der Waals surface area contributed by atoms with Crippen molar-refractivity contribution >= 4 is 44.6 Å². The van der Waals surface area contributed by atoms with Gasteiger partial charge in [0, 0.05) is 46.7 Å². The number of nitrogens with one attached hydrogen (secondary N) is 2. The zero-order valence-corrected chi connectivity index (χ0v) is 24.6. The quantitative estimate of drug-likeness (QED) is 0.220. The Morgan fingerprint density at radius 2 is 1.63 bits per heavy atom. The van der Waals surface area contributed by atoms with Crippen molar-refractivity contribution < 1.29 is 4.42 Å². The topological polar surface area (TPSA) is 92.6 Å². The highest BCUT2D eigenvalue weighted by Gasteiger charge is 2.23. The fraction of sp³-hybridized carbons (Fsp3) is 0.0526. The first kappa shape index (κ1) is 26.2. The van der Waals surface area contributed by atoms with Crippen LogP contribution in [0.4, 0.5) is 0 Å². The number of hydrogen-bond acceptors (Lipinski definition) is 7. The Morgan fingerprint density at radius 1 is 0.783 bits per heavy atom. The number of nitrogens with zero attached hydrogens (tertiary/aromatic N) is 5. The van der Waals surface area contributed by atoms with Crippen LogP contribution in [0.25, 0.3) is 50.0 Å². The van der Waals surface area contributed by atoms with Crippen LogP contribution in [0, 0.1) is 0 Å². The maximum Gasteiger partial charge on any atom is 0.227 e. The van der Waals surface area contributed by atoms with Gasteiger partial charge in [-0.05, 0) is 72.4 Å². The summed E-state index contributed by atoms with van der Waals surface area (Å²) in [4.78, 5) is 19.0. The first-order chi connectivity index (χ1) is 22.8. The molecule has 0 saturated carbocycles. The van der Waals surface area contributed by atoms with Gasteiger partial charge in [-0.3, -0.25) is 4.98 Å². The van der Waals surface area contributed by atoms with Gasteiger partial charge < -0.3 is 19.6 Å². The van der Waals surface area contributed by atoms with Gasteiger partial charge in [-0.1, -0.05) is 54.6 Å². The summed E-state index contributed by atoms with van der Waals surface area (Å²) in [6.07, 6.45) is 9.43. The molecule has 2 aliphatic heterocycles. The molecule has 0 saturated heterocycles. The minimum absolute atomic E-state index is 0.274. The molecule has 4 aromatic carbocycles. The van der Waals surface area contributed by atoms with Crippen molar-refractivity contribution in [3.63, 3.8) is 0 Å². The molecule has 220 valence electrons. The Hall–Kier alpha value is -6.28. The van der Waals surface area contributed by atoms with Crippen molar-refractivity contribution in [2.45, 2.75) is 6.17 Å². The highest BCUT2D eigenvalue weighted by atomic mass is 16.3. The molecule has 9 rings (SSSR count). The van der Waals surface area contributed by atoms with Crippen LogP contribution in [0.3, 0.4) is 0 Å². The summed E-state index contributed by atoms with van der Waals surface area (Å²) >= 11 is 0. The smallest absolute Gasteiger partial charge is 0.227 e. The van der Waals surface area contributed by atoms with Gasteiger partial charge in [0.05, 0.1) is 16.4 Å². The average molecular weight is 598 g/mol. The Kier molecular flexibility index (Phi) is 6.09. The molecule has 2 aliphatic rings. The van der Waals surface area contributed by atoms with Crippen LogP contribution in [0.2, 0.25) is 0 Å². The first-order valence-electron chi connectivity index (χ1n) is 15.2. The number of rotatable bonds is 5. The lowest BCUT2D eigenvalue weighted by molar-refractivity contribution is 0.623. The van der Waals surface area contributed by atoms with Gasteiger partial charge >= 0.3 is 0 Å². The largest absolute Gasteiger partial charge is 0.435 e. The van der Waals surface area contributed by atoms with Crippen LogP contribution in [-0.2, 0) is 0 Å². The third-order valence-corrected chi connectivity index (χ3v) is 8.44. The van der Waals surface area contributed by atoms with Gasteiger partial charge in [0.15, 0.2) is 11.4 Å². The predicted octanol–water partition coefficient (Wildman–Crippen LogP) is 7.15. The number of hydrogen-bond donors (Lipinski definition) is 2. The maximum absolute atomic E-state index is 6.48. The van der Waals surface area contributed by atoms with Crippen molar-refractivity contribution in [2.75, 3.05) is 6.54 Å². The second-order valence-electron chi connectivity index (χ2n) is 11.2. The average Bonchev–Trinajstić information content (AvgIpc) is 3.72. The Bertz CT molecular complexity index is 2400. The Morgan fingerprint density at radius 3 is 2.50 bits per heavy atom. The zero-order chi connectivity index (χ0) is 30.5. The summed E-state index contributed by atoms with van der Waals surface area (Å²) in [6.45, 7) is 0.755. The Labute approximate surface area is 264 Å². The van der Waals surface area contributed by atoms with E-state index >= 15 is 0 Å². The molecule has 8 nitrogen and oxygen atoms in total. The molecule has 7 aromatic rings. The number of pyridine rings is 1. The highest BCUT2D eigenvalue weighted by Crippen LogP contribution is 2.38. The summed E-state index contributed by atoms with van der Waals surface area (Å²) in [5, 5.41) is 8.97. The number of amidine groups is 2. The molecule has 5 heterocycles. The van der Waals surface area contributed by atoms with Crippen molar-refractivity contribution in [3.05, 3.63) is 151 Å². The fourth-order valence-corrected chi connectivity index (χ4v) is 6.28. The molecule has 0 fully saturated rings. The summed E-state index contributed by atoms with van der Waals surface area (Å²) in [6, 6.07) is 35.0. The van der Waals surface area contributed by atoms with Gasteiger partial charge in [-0.2, -0.15) is 0 Å². The summed E-state index contributed by atoms with van der Waals surface area (Å²) in [7, 11) is 0. The number of para-hydroxylation sites is 1. The number of benzene rings is 4. The molecule has 0 radical (unpaired) electrons. The van der Waals surface area contributed by atoms with Crippen LogP contribution < -0.4 is 10.6 Å². The minimum atomic E-state index is -0.274. The molecule has 0 amide bonds. The number of dihydropyridines is 1. The molecule has 1 unspecified atom stereocenters. The molecule has 1 atom stereocenters. The van der Waals surface area contributed by atoms with E-state index in [0.29, 0.717) is 11.7 Å². The SMILES string of the molecule is C1=CC(C2N=C(c3ccncc3)N=C(c3cccc(-n4c5ccccc5c5c6oc(-c7ccccc7)nc6ccc54)c3)N2)=CCN1. The van der Waals surface area contributed by atoms with Gasteiger partial charge in [0.2, 0.25) is 5.89 Å². The van der Waals surface area contributed by atoms with Gasteiger partial charge in [-0.15, -0.1) is 0 Å². The second kappa shape index (κ2) is 10.7. The summed E-state index contributed by atoms with van der Waals surface area (Å²) < 4.78 is 8.77. The van der Waals surface area contributed by atoms with Gasteiger partial charge in [0.1, 0.15) is 17.5 Å². The highest BCUT2D eigenvalue weighted by molar-refractivity contribution is 6.19. The van der Waals surface area contributed by atoms with E-state index in [-0.39, 0.29) is 6.17 Å². The van der Waals surface area contributed by atoms with E-state index in [2.05, 4.69) is 86.9 Å². The lowest BCUT2D eigenvalue weighted by Crippen LogP contribution is -2.40. The molecule has 0 aliphatic carbocycles. The third-order valence-electron chi connectivity index (χ3n) is 8.44. The van der Waals surface area contributed by atoms with Crippen LogP contribution in [0.5, 0.6) is 0 Å². The molecule has 8 heteroatoms. The van der Waals surface area contributed by atoms with E-state index < -0.39 is 0 Å². The number of aliphatic imine (C=N–C) groups is 2. The number of aromatic nitrogens is 3. The van der Waals surface area contributed by atoms with Crippen LogP contribution in [-0.4, -0.2) is 38.9 Å². The molecular formula is C38H27N7O. The molecular weight excluding hydrogens is 570 g/mol. The first-order valence-corrected chi connectivity index (χ1v) is 15.2.